The highest BCUT2D eigenvalue weighted by Gasteiger charge is 2.37. The second-order valence-corrected chi connectivity index (χ2v) is 7.68. The van der Waals surface area contributed by atoms with Crippen molar-refractivity contribution in [2.75, 3.05) is 26.2 Å². The molecule has 1 fully saturated rings. The zero-order chi connectivity index (χ0) is 14.0. The minimum Gasteiger partial charge on any atom is -0.316 e. The molecule has 1 N–H and O–H groups in total. The summed E-state index contributed by atoms with van der Waals surface area (Å²) in [6.07, 6.45) is 6.95. The van der Waals surface area contributed by atoms with E-state index in [0.717, 1.165) is 6.54 Å². The summed E-state index contributed by atoms with van der Waals surface area (Å²) in [5.74, 6) is 0. The Morgan fingerprint density at radius 2 is 2.20 bits per heavy atom. The first-order valence-corrected chi connectivity index (χ1v) is 9.13. The third kappa shape index (κ3) is 2.81. The van der Waals surface area contributed by atoms with Crippen molar-refractivity contribution < 1.29 is 0 Å². The number of rotatable bonds is 5. The largest absolute Gasteiger partial charge is 0.316 e. The second kappa shape index (κ2) is 6.17. The van der Waals surface area contributed by atoms with Crippen LogP contribution in [0, 0.1) is 5.41 Å². The predicted molar refractivity (Wildman–Crippen MR) is 87.5 cm³/mol. The van der Waals surface area contributed by atoms with Crippen LogP contribution in [0.3, 0.4) is 0 Å². The molecule has 1 aliphatic heterocycles. The van der Waals surface area contributed by atoms with Crippen molar-refractivity contribution in [2.24, 2.45) is 5.41 Å². The molecule has 0 bridgehead atoms. The Morgan fingerprint density at radius 3 is 2.95 bits per heavy atom. The molecule has 2 nitrogen and oxygen atoms in total. The minimum absolute atomic E-state index is 0.539. The van der Waals surface area contributed by atoms with Gasteiger partial charge in [0.15, 0.2) is 0 Å². The summed E-state index contributed by atoms with van der Waals surface area (Å²) in [5.41, 5.74) is 2.13. The van der Waals surface area contributed by atoms with Gasteiger partial charge in [-0.15, -0.1) is 11.3 Å². The molecule has 1 aliphatic carbocycles. The number of fused-ring (bicyclic) bond motifs is 1. The van der Waals surface area contributed by atoms with Gasteiger partial charge in [-0.1, -0.05) is 19.8 Å². The molecule has 0 amide bonds. The van der Waals surface area contributed by atoms with E-state index in [1.54, 1.807) is 10.4 Å². The van der Waals surface area contributed by atoms with Crippen molar-refractivity contribution in [3.05, 3.63) is 21.9 Å². The number of thiophene rings is 1. The lowest BCUT2D eigenvalue weighted by Gasteiger charge is -2.41. The molecule has 112 valence electrons. The summed E-state index contributed by atoms with van der Waals surface area (Å²) in [6, 6.07) is 2.96. The van der Waals surface area contributed by atoms with Gasteiger partial charge >= 0.3 is 0 Å². The second-order valence-electron chi connectivity index (χ2n) is 6.68. The summed E-state index contributed by atoms with van der Waals surface area (Å²) in [5, 5.41) is 5.90. The molecule has 3 heteroatoms. The average Bonchev–Trinajstić information content (AvgIpc) is 3.10. The van der Waals surface area contributed by atoms with E-state index in [0.29, 0.717) is 11.5 Å². The molecular weight excluding hydrogens is 264 g/mol. The molecular formula is C17H28N2S. The number of hydrogen-bond donors (Lipinski definition) is 1. The number of nitrogens with one attached hydrogen (secondary N) is 1. The smallest absolute Gasteiger partial charge is 0.0331 e. The summed E-state index contributed by atoms with van der Waals surface area (Å²) in [4.78, 5) is 4.37. The molecule has 1 unspecified atom stereocenters. The Labute approximate surface area is 127 Å². The standard InChI is InChI=1S/C17H28N2S/c1-3-18-12-17(8-4-5-9-17)13-19-10-6-16-15(14(19)2)7-11-20-16/h7,11,14,18H,3-6,8-10,12-13H2,1-2H3. The molecule has 0 radical (unpaired) electrons. The van der Waals surface area contributed by atoms with E-state index >= 15 is 0 Å². The van der Waals surface area contributed by atoms with Crippen LogP contribution >= 0.6 is 11.3 Å². The Bertz CT molecular complexity index is 434. The van der Waals surface area contributed by atoms with Crippen LogP contribution in [0.2, 0.25) is 0 Å². The Balaban J connectivity index is 1.70. The van der Waals surface area contributed by atoms with E-state index in [2.05, 4.69) is 35.5 Å². The van der Waals surface area contributed by atoms with Crippen molar-refractivity contribution >= 4 is 11.3 Å². The van der Waals surface area contributed by atoms with Gasteiger partial charge in [0.05, 0.1) is 0 Å². The van der Waals surface area contributed by atoms with Gasteiger partial charge in [-0.2, -0.15) is 0 Å². The van der Waals surface area contributed by atoms with E-state index < -0.39 is 0 Å². The van der Waals surface area contributed by atoms with Crippen LogP contribution in [-0.4, -0.2) is 31.1 Å². The Kier molecular flexibility index (Phi) is 4.49. The third-order valence-electron chi connectivity index (χ3n) is 5.36. The van der Waals surface area contributed by atoms with Gasteiger partial charge in [0.2, 0.25) is 0 Å². The maximum Gasteiger partial charge on any atom is 0.0331 e. The van der Waals surface area contributed by atoms with Gasteiger partial charge in [0.25, 0.3) is 0 Å². The summed E-state index contributed by atoms with van der Waals surface area (Å²) in [7, 11) is 0. The minimum atomic E-state index is 0.539. The molecule has 1 aromatic rings. The fourth-order valence-corrected chi connectivity index (χ4v) is 5.08. The van der Waals surface area contributed by atoms with Crippen LogP contribution in [0.5, 0.6) is 0 Å². The molecule has 1 atom stereocenters. The molecule has 2 heterocycles. The highest BCUT2D eigenvalue weighted by molar-refractivity contribution is 7.10. The normalized spacial score (nSPS) is 25.8. The molecule has 0 saturated heterocycles. The van der Waals surface area contributed by atoms with Crippen molar-refractivity contribution in [1.82, 2.24) is 10.2 Å². The number of hydrogen-bond acceptors (Lipinski definition) is 3. The zero-order valence-electron chi connectivity index (χ0n) is 13.0. The zero-order valence-corrected chi connectivity index (χ0v) is 13.8. The van der Waals surface area contributed by atoms with E-state index in [1.807, 2.05) is 11.3 Å². The third-order valence-corrected chi connectivity index (χ3v) is 6.35. The first kappa shape index (κ1) is 14.6. The van der Waals surface area contributed by atoms with Crippen molar-refractivity contribution in [1.29, 1.82) is 0 Å². The summed E-state index contributed by atoms with van der Waals surface area (Å²) in [6.45, 7) is 9.48. The summed E-state index contributed by atoms with van der Waals surface area (Å²) < 4.78 is 0. The molecule has 2 aliphatic rings. The van der Waals surface area contributed by atoms with Crippen molar-refractivity contribution in [3.8, 4) is 0 Å². The molecule has 0 aromatic carbocycles. The average molecular weight is 292 g/mol. The van der Waals surface area contributed by atoms with Gasteiger partial charge in [0, 0.05) is 30.6 Å². The Hall–Kier alpha value is -0.380. The first-order valence-electron chi connectivity index (χ1n) is 8.25. The SMILES string of the molecule is CCNCC1(CN2CCc3sccc3C2C)CCCC1. The van der Waals surface area contributed by atoms with Gasteiger partial charge in [-0.05, 0) is 55.2 Å². The maximum atomic E-state index is 3.62. The highest BCUT2D eigenvalue weighted by Crippen LogP contribution is 2.41. The molecule has 0 spiro atoms. The molecule has 1 saturated carbocycles. The Morgan fingerprint density at radius 1 is 1.40 bits per heavy atom. The van der Waals surface area contributed by atoms with Crippen LogP contribution in [0.4, 0.5) is 0 Å². The van der Waals surface area contributed by atoms with Crippen LogP contribution < -0.4 is 5.32 Å². The molecule has 20 heavy (non-hydrogen) atoms. The van der Waals surface area contributed by atoms with Gasteiger partial charge in [-0.3, -0.25) is 4.90 Å². The topological polar surface area (TPSA) is 15.3 Å². The van der Waals surface area contributed by atoms with Crippen LogP contribution in [-0.2, 0) is 6.42 Å². The molecule has 1 aromatic heterocycles. The molecule has 3 rings (SSSR count). The fourth-order valence-electron chi connectivity index (χ4n) is 4.11. The summed E-state index contributed by atoms with van der Waals surface area (Å²) >= 11 is 1.95. The van der Waals surface area contributed by atoms with E-state index in [1.165, 1.54) is 51.7 Å². The van der Waals surface area contributed by atoms with Gasteiger partial charge in [-0.25, -0.2) is 0 Å². The fraction of sp³-hybridized carbons (Fsp3) is 0.765. The van der Waals surface area contributed by atoms with E-state index in [9.17, 15) is 0 Å². The van der Waals surface area contributed by atoms with Gasteiger partial charge in [0.1, 0.15) is 0 Å². The lowest BCUT2D eigenvalue weighted by atomic mass is 9.84. The van der Waals surface area contributed by atoms with Crippen molar-refractivity contribution in [2.45, 2.75) is 52.0 Å². The lowest BCUT2D eigenvalue weighted by molar-refractivity contribution is 0.109. The van der Waals surface area contributed by atoms with Crippen LogP contribution in [0.15, 0.2) is 11.4 Å². The van der Waals surface area contributed by atoms with E-state index in [4.69, 9.17) is 0 Å². The first-order chi connectivity index (χ1) is 9.74. The quantitative estimate of drug-likeness (QED) is 0.887. The van der Waals surface area contributed by atoms with Crippen molar-refractivity contribution in [3.63, 3.8) is 0 Å². The lowest BCUT2D eigenvalue weighted by Crippen LogP contribution is -2.45. The van der Waals surface area contributed by atoms with Gasteiger partial charge < -0.3 is 5.32 Å². The monoisotopic (exact) mass is 292 g/mol. The van der Waals surface area contributed by atoms with Crippen LogP contribution in [0.25, 0.3) is 0 Å². The van der Waals surface area contributed by atoms with E-state index in [-0.39, 0.29) is 0 Å². The predicted octanol–water partition coefficient (Wildman–Crippen LogP) is 3.84. The number of nitrogens with zero attached hydrogens (tertiary/aromatic N) is 1. The highest BCUT2D eigenvalue weighted by atomic mass is 32.1. The van der Waals surface area contributed by atoms with Crippen LogP contribution in [0.1, 0.15) is 56.0 Å². The maximum absolute atomic E-state index is 3.62.